The van der Waals surface area contributed by atoms with Gasteiger partial charge in [0.05, 0.1) is 16.3 Å². The second-order valence-corrected chi connectivity index (χ2v) is 5.33. The van der Waals surface area contributed by atoms with Crippen LogP contribution in [0.4, 0.5) is 5.69 Å². The van der Waals surface area contributed by atoms with E-state index in [1.54, 1.807) is 13.0 Å². The van der Waals surface area contributed by atoms with Gasteiger partial charge in [0.25, 0.3) is 5.69 Å². The highest BCUT2D eigenvalue weighted by atomic mass is 16.6. The molecule has 0 saturated heterocycles. The zero-order valence-electron chi connectivity index (χ0n) is 13.2. The summed E-state index contributed by atoms with van der Waals surface area (Å²) in [5, 5.41) is 20.5. The lowest BCUT2D eigenvalue weighted by Gasteiger charge is -2.11. The summed E-state index contributed by atoms with van der Waals surface area (Å²) >= 11 is 0. The first-order chi connectivity index (χ1) is 12.0. The van der Waals surface area contributed by atoms with Crippen molar-refractivity contribution >= 4 is 11.7 Å². The number of aromatic carboxylic acids is 1. The standard InChI is InChI=1S/C18H13N3O4/c1-11-15(18(22)23)16(13-8-5-9-14(10-13)21(24)25)20-17(19-11)12-6-3-2-4-7-12/h2-10H,1H3,(H,22,23). The molecule has 7 heteroatoms. The second-order valence-electron chi connectivity index (χ2n) is 5.33. The van der Waals surface area contributed by atoms with Gasteiger partial charge in [0, 0.05) is 23.3 Å². The summed E-state index contributed by atoms with van der Waals surface area (Å²) < 4.78 is 0. The van der Waals surface area contributed by atoms with Gasteiger partial charge in [-0.2, -0.15) is 0 Å². The summed E-state index contributed by atoms with van der Waals surface area (Å²) in [5.41, 5.74) is 1.33. The Kier molecular flexibility index (Phi) is 4.21. The van der Waals surface area contributed by atoms with E-state index in [0.717, 1.165) is 5.56 Å². The number of aryl methyl sites for hydroxylation is 1. The first-order valence-electron chi connectivity index (χ1n) is 7.39. The van der Waals surface area contributed by atoms with Crippen molar-refractivity contribution in [1.82, 2.24) is 9.97 Å². The molecule has 2 aromatic carbocycles. The predicted molar refractivity (Wildman–Crippen MR) is 91.3 cm³/mol. The Morgan fingerprint density at radius 1 is 1.04 bits per heavy atom. The molecule has 0 saturated carbocycles. The number of nitro groups is 1. The van der Waals surface area contributed by atoms with Gasteiger partial charge < -0.3 is 5.11 Å². The molecule has 124 valence electrons. The number of nitro benzene ring substituents is 1. The van der Waals surface area contributed by atoms with Crippen molar-refractivity contribution in [2.24, 2.45) is 0 Å². The van der Waals surface area contributed by atoms with Crippen LogP contribution in [0.15, 0.2) is 54.6 Å². The minimum Gasteiger partial charge on any atom is -0.478 e. The number of carbonyl (C=O) groups is 1. The maximum atomic E-state index is 11.7. The average molecular weight is 335 g/mol. The Balaban J connectivity index is 2.26. The van der Waals surface area contributed by atoms with Crippen LogP contribution >= 0.6 is 0 Å². The molecular formula is C18H13N3O4. The highest BCUT2D eigenvalue weighted by Crippen LogP contribution is 2.29. The van der Waals surface area contributed by atoms with E-state index >= 15 is 0 Å². The minimum absolute atomic E-state index is 0.0693. The van der Waals surface area contributed by atoms with Crippen molar-refractivity contribution in [3.8, 4) is 22.6 Å². The third-order valence-corrected chi connectivity index (χ3v) is 3.67. The van der Waals surface area contributed by atoms with Crippen molar-refractivity contribution in [2.75, 3.05) is 0 Å². The Morgan fingerprint density at radius 2 is 1.72 bits per heavy atom. The predicted octanol–water partition coefficient (Wildman–Crippen LogP) is 3.73. The summed E-state index contributed by atoms with van der Waals surface area (Å²) in [5.74, 6) is -0.816. The Bertz CT molecular complexity index is 971. The molecule has 1 aromatic heterocycles. The van der Waals surface area contributed by atoms with Gasteiger partial charge in [0.15, 0.2) is 5.82 Å². The van der Waals surface area contributed by atoms with Crippen molar-refractivity contribution in [2.45, 2.75) is 6.92 Å². The van der Waals surface area contributed by atoms with Crippen molar-refractivity contribution in [1.29, 1.82) is 0 Å². The minimum atomic E-state index is -1.18. The van der Waals surface area contributed by atoms with Crippen LogP contribution in [0.5, 0.6) is 0 Å². The molecule has 0 unspecified atom stereocenters. The molecule has 1 N–H and O–H groups in total. The number of aromatic nitrogens is 2. The molecule has 0 fully saturated rings. The monoisotopic (exact) mass is 335 g/mol. The molecule has 3 aromatic rings. The van der Waals surface area contributed by atoms with Crippen molar-refractivity contribution in [3.63, 3.8) is 0 Å². The van der Waals surface area contributed by atoms with Gasteiger partial charge in [-0.15, -0.1) is 0 Å². The number of rotatable bonds is 4. The lowest BCUT2D eigenvalue weighted by atomic mass is 10.0. The molecule has 0 bridgehead atoms. The summed E-state index contributed by atoms with van der Waals surface area (Å²) in [7, 11) is 0. The van der Waals surface area contributed by atoms with Crippen LogP contribution in [-0.4, -0.2) is 26.0 Å². The SMILES string of the molecule is Cc1nc(-c2ccccc2)nc(-c2cccc([N+](=O)[O-])c2)c1C(=O)O. The van der Waals surface area contributed by atoms with E-state index in [-0.39, 0.29) is 16.9 Å². The van der Waals surface area contributed by atoms with E-state index in [1.165, 1.54) is 18.2 Å². The largest absolute Gasteiger partial charge is 0.478 e. The van der Waals surface area contributed by atoms with Gasteiger partial charge >= 0.3 is 5.97 Å². The summed E-state index contributed by atoms with van der Waals surface area (Å²) in [6.07, 6.45) is 0. The molecule has 0 spiro atoms. The van der Waals surface area contributed by atoms with Crippen molar-refractivity contribution in [3.05, 3.63) is 76.0 Å². The van der Waals surface area contributed by atoms with E-state index in [9.17, 15) is 20.0 Å². The molecule has 0 aliphatic carbocycles. The van der Waals surface area contributed by atoms with Crippen LogP contribution in [0, 0.1) is 17.0 Å². The first-order valence-corrected chi connectivity index (χ1v) is 7.39. The molecular weight excluding hydrogens is 322 g/mol. The lowest BCUT2D eigenvalue weighted by Crippen LogP contribution is -2.08. The number of non-ortho nitro benzene ring substituents is 1. The average Bonchev–Trinajstić information content (AvgIpc) is 2.61. The van der Waals surface area contributed by atoms with E-state index in [0.29, 0.717) is 17.1 Å². The first kappa shape index (κ1) is 16.3. The van der Waals surface area contributed by atoms with E-state index in [1.807, 2.05) is 30.3 Å². The molecule has 7 nitrogen and oxygen atoms in total. The van der Waals surface area contributed by atoms with E-state index < -0.39 is 10.9 Å². The van der Waals surface area contributed by atoms with Crippen LogP contribution in [0.1, 0.15) is 16.1 Å². The highest BCUT2D eigenvalue weighted by molar-refractivity contribution is 5.96. The fraction of sp³-hybridized carbons (Fsp3) is 0.0556. The van der Waals surface area contributed by atoms with Gasteiger partial charge in [-0.05, 0) is 6.92 Å². The molecule has 0 radical (unpaired) electrons. The quantitative estimate of drug-likeness (QED) is 0.575. The normalized spacial score (nSPS) is 10.4. The zero-order chi connectivity index (χ0) is 18.0. The number of hydrogen-bond acceptors (Lipinski definition) is 5. The van der Waals surface area contributed by atoms with Gasteiger partial charge in [-0.3, -0.25) is 10.1 Å². The van der Waals surface area contributed by atoms with Gasteiger partial charge in [0.1, 0.15) is 5.56 Å². The number of carboxylic acids is 1. The third-order valence-electron chi connectivity index (χ3n) is 3.67. The van der Waals surface area contributed by atoms with E-state index in [2.05, 4.69) is 9.97 Å². The highest BCUT2D eigenvalue weighted by Gasteiger charge is 2.21. The van der Waals surface area contributed by atoms with Crippen LogP contribution in [0.25, 0.3) is 22.6 Å². The number of carboxylic acid groups (broad SMARTS) is 1. The Hall–Kier alpha value is -3.61. The van der Waals surface area contributed by atoms with Crippen LogP contribution < -0.4 is 0 Å². The molecule has 0 atom stereocenters. The molecule has 0 amide bonds. The van der Waals surface area contributed by atoms with Crippen LogP contribution in [0.3, 0.4) is 0 Å². The maximum absolute atomic E-state index is 11.7. The van der Waals surface area contributed by atoms with Gasteiger partial charge in [-0.25, -0.2) is 14.8 Å². The molecule has 0 aliphatic heterocycles. The molecule has 0 aliphatic rings. The van der Waals surface area contributed by atoms with Gasteiger partial charge in [0.2, 0.25) is 0 Å². The lowest BCUT2D eigenvalue weighted by molar-refractivity contribution is -0.384. The fourth-order valence-electron chi connectivity index (χ4n) is 2.52. The fourth-order valence-corrected chi connectivity index (χ4v) is 2.52. The van der Waals surface area contributed by atoms with Crippen LogP contribution in [0.2, 0.25) is 0 Å². The Morgan fingerprint density at radius 3 is 2.36 bits per heavy atom. The molecule has 1 heterocycles. The number of hydrogen-bond donors (Lipinski definition) is 1. The summed E-state index contributed by atoms with van der Waals surface area (Å²) in [4.78, 5) is 30.8. The number of nitrogens with zero attached hydrogens (tertiary/aromatic N) is 3. The smallest absolute Gasteiger partial charge is 0.339 e. The summed E-state index contributed by atoms with van der Waals surface area (Å²) in [6, 6.07) is 14.9. The van der Waals surface area contributed by atoms with Gasteiger partial charge in [-0.1, -0.05) is 42.5 Å². The molecule has 25 heavy (non-hydrogen) atoms. The topological polar surface area (TPSA) is 106 Å². The summed E-state index contributed by atoms with van der Waals surface area (Å²) in [6.45, 7) is 1.58. The van der Waals surface area contributed by atoms with Crippen molar-refractivity contribution < 1.29 is 14.8 Å². The zero-order valence-corrected chi connectivity index (χ0v) is 13.2. The Labute approximate surface area is 142 Å². The molecule has 3 rings (SSSR count). The van der Waals surface area contributed by atoms with E-state index in [4.69, 9.17) is 0 Å². The third kappa shape index (κ3) is 3.20. The maximum Gasteiger partial charge on any atom is 0.339 e. The second kappa shape index (κ2) is 6.48. The van der Waals surface area contributed by atoms with Crippen LogP contribution in [-0.2, 0) is 0 Å². The number of benzene rings is 2.